The van der Waals surface area contributed by atoms with E-state index < -0.39 is 11.9 Å². The van der Waals surface area contributed by atoms with Crippen LogP contribution in [0.4, 0.5) is 0 Å². The van der Waals surface area contributed by atoms with E-state index in [2.05, 4.69) is 15.2 Å². The van der Waals surface area contributed by atoms with Gasteiger partial charge in [0.2, 0.25) is 0 Å². The van der Waals surface area contributed by atoms with Crippen molar-refractivity contribution in [3.63, 3.8) is 0 Å². The number of furan rings is 1. The maximum absolute atomic E-state index is 11.9. The molecule has 2 aromatic rings. The molecule has 18 heavy (non-hydrogen) atoms. The Balaban J connectivity index is 2.08. The maximum atomic E-state index is 11.9. The van der Waals surface area contributed by atoms with Crippen LogP contribution < -0.4 is 0 Å². The van der Waals surface area contributed by atoms with Crippen molar-refractivity contribution in [2.24, 2.45) is 0 Å². The van der Waals surface area contributed by atoms with Gasteiger partial charge in [-0.15, -0.1) is 0 Å². The third kappa shape index (κ3) is 2.37. The number of nitrogens with zero attached hydrogens (tertiary/aromatic N) is 3. The monoisotopic (exact) mass is 250 g/mol. The van der Waals surface area contributed by atoms with E-state index in [9.17, 15) is 9.59 Å². The summed E-state index contributed by atoms with van der Waals surface area (Å²) in [6.45, 7) is 0.224. The summed E-state index contributed by atoms with van der Waals surface area (Å²) in [7, 11) is 1.55. The summed E-state index contributed by atoms with van der Waals surface area (Å²) in [5.41, 5.74) is -0.0635. The third-order valence-corrected chi connectivity index (χ3v) is 2.26. The van der Waals surface area contributed by atoms with Crippen molar-refractivity contribution in [2.45, 2.75) is 6.54 Å². The largest absolute Gasteiger partial charge is 0.478 e. The first-order chi connectivity index (χ1) is 8.58. The van der Waals surface area contributed by atoms with Gasteiger partial charge in [0.15, 0.2) is 5.76 Å². The van der Waals surface area contributed by atoms with E-state index in [1.807, 2.05) is 0 Å². The molecule has 0 aliphatic carbocycles. The molecule has 0 saturated carbocycles. The van der Waals surface area contributed by atoms with Crippen molar-refractivity contribution >= 4 is 11.9 Å². The molecule has 8 nitrogen and oxygen atoms in total. The second-order valence-corrected chi connectivity index (χ2v) is 3.60. The van der Waals surface area contributed by atoms with Crippen molar-refractivity contribution in [1.29, 1.82) is 0 Å². The Morgan fingerprint density at radius 1 is 1.56 bits per heavy atom. The van der Waals surface area contributed by atoms with Crippen LogP contribution in [0, 0.1) is 0 Å². The van der Waals surface area contributed by atoms with Crippen LogP contribution in [0.3, 0.4) is 0 Å². The van der Waals surface area contributed by atoms with E-state index in [-0.39, 0.29) is 17.9 Å². The smallest absolute Gasteiger partial charge is 0.338 e. The van der Waals surface area contributed by atoms with Crippen LogP contribution in [-0.4, -0.2) is 44.1 Å². The fourth-order valence-electron chi connectivity index (χ4n) is 1.35. The Bertz CT molecular complexity index is 560. The number of hydrogen-bond donors (Lipinski definition) is 2. The zero-order chi connectivity index (χ0) is 13.1. The quantitative estimate of drug-likeness (QED) is 0.810. The van der Waals surface area contributed by atoms with Crippen LogP contribution in [0.2, 0.25) is 0 Å². The highest BCUT2D eigenvalue weighted by atomic mass is 16.4. The van der Waals surface area contributed by atoms with Gasteiger partial charge in [-0.1, -0.05) is 0 Å². The molecule has 1 amide bonds. The van der Waals surface area contributed by atoms with E-state index in [4.69, 9.17) is 9.52 Å². The number of aromatic nitrogens is 3. The lowest BCUT2D eigenvalue weighted by molar-refractivity contribution is 0.0695. The van der Waals surface area contributed by atoms with Gasteiger partial charge >= 0.3 is 5.97 Å². The molecule has 0 radical (unpaired) electrons. The second-order valence-electron chi connectivity index (χ2n) is 3.60. The molecular weight excluding hydrogens is 240 g/mol. The molecule has 0 spiro atoms. The molecule has 0 fully saturated rings. The van der Waals surface area contributed by atoms with Gasteiger partial charge in [0.1, 0.15) is 18.4 Å². The minimum absolute atomic E-state index is 0.0329. The summed E-state index contributed by atoms with van der Waals surface area (Å²) < 4.78 is 4.91. The lowest BCUT2D eigenvalue weighted by atomic mass is 10.3. The van der Waals surface area contributed by atoms with Gasteiger partial charge in [0.05, 0.1) is 12.1 Å². The molecule has 2 aromatic heterocycles. The molecular formula is C10H10N4O4. The topological polar surface area (TPSA) is 112 Å². The number of carboxylic acids is 1. The van der Waals surface area contributed by atoms with Gasteiger partial charge in [-0.25, -0.2) is 9.78 Å². The first-order valence-corrected chi connectivity index (χ1v) is 4.99. The number of nitrogens with one attached hydrogen (secondary N) is 1. The van der Waals surface area contributed by atoms with Crippen molar-refractivity contribution in [2.75, 3.05) is 7.05 Å². The molecule has 0 saturated heterocycles. The maximum Gasteiger partial charge on any atom is 0.338 e. The van der Waals surface area contributed by atoms with Crippen LogP contribution in [0.15, 0.2) is 23.1 Å². The zero-order valence-electron chi connectivity index (χ0n) is 9.45. The van der Waals surface area contributed by atoms with Gasteiger partial charge in [0.25, 0.3) is 5.91 Å². The van der Waals surface area contributed by atoms with Crippen LogP contribution in [-0.2, 0) is 6.54 Å². The summed E-state index contributed by atoms with van der Waals surface area (Å²) in [4.78, 5) is 27.8. The molecule has 8 heteroatoms. The van der Waals surface area contributed by atoms with Crippen molar-refractivity contribution < 1.29 is 19.1 Å². The lowest BCUT2D eigenvalue weighted by Crippen LogP contribution is -2.26. The molecule has 2 heterocycles. The summed E-state index contributed by atoms with van der Waals surface area (Å²) >= 11 is 0. The Morgan fingerprint density at radius 2 is 2.33 bits per heavy atom. The number of aromatic amines is 1. The SMILES string of the molecule is CN(Cc1ncn[nH]1)C(=O)c1cc(C(=O)O)co1. The Hall–Kier alpha value is -2.64. The van der Waals surface area contributed by atoms with Crippen molar-refractivity contribution in [1.82, 2.24) is 20.1 Å². The number of rotatable bonds is 4. The third-order valence-electron chi connectivity index (χ3n) is 2.26. The number of aromatic carboxylic acids is 1. The first kappa shape index (κ1) is 11.8. The molecule has 0 aliphatic rings. The first-order valence-electron chi connectivity index (χ1n) is 4.99. The van der Waals surface area contributed by atoms with E-state index in [1.165, 1.54) is 17.3 Å². The van der Waals surface area contributed by atoms with E-state index in [1.54, 1.807) is 7.05 Å². The van der Waals surface area contributed by atoms with Crippen LogP contribution >= 0.6 is 0 Å². The van der Waals surface area contributed by atoms with Crippen LogP contribution in [0.1, 0.15) is 26.7 Å². The van der Waals surface area contributed by atoms with Gasteiger partial charge < -0.3 is 14.4 Å². The predicted octanol–water partition coefficient (Wildman–Crippen LogP) is 0.368. The normalized spacial score (nSPS) is 10.3. The number of hydrogen-bond acceptors (Lipinski definition) is 5. The molecule has 2 rings (SSSR count). The molecule has 0 aromatic carbocycles. The fourth-order valence-corrected chi connectivity index (χ4v) is 1.35. The lowest BCUT2D eigenvalue weighted by Gasteiger charge is -2.13. The highest BCUT2D eigenvalue weighted by Crippen LogP contribution is 2.11. The number of amides is 1. The average molecular weight is 250 g/mol. The molecule has 0 atom stereocenters. The standard InChI is InChI=1S/C10H10N4O4/c1-14(3-8-11-5-12-13-8)9(15)7-2-6(4-18-7)10(16)17/h2,4-5H,3H2,1H3,(H,16,17)(H,11,12,13). The van der Waals surface area contributed by atoms with E-state index in [0.717, 1.165) is 6.26 Å². The second kappa shape index (κ2) is 4.70. The van der Waals surface area contributed by atoms with Crippen LogP contribution in [0.5, 0.6) is 0 Å². The predicted molar refractivity (Wildman–Crippen MR) is 57.8 cm³/mol. The number of carbonyl (C=O) groups is 2. The molecule has 0 unspecified atom stereocenters. The Kier molecular flexibility index (Phi) is 3.09. The molecule has 2 N–H and O–H groups in total. The Labute approximate surface area is 101 Å². The van der Waals surface area contributed by atoms with Gasteiger partial charge in [-0.3, -0.25) is 9.89 Å². The molecule has 0 bridgehead atoms. The van der Waals surface area contributed by atoms with Crippen LogP contribution in [0.25, 0.3) is 0 Å². The zero-order valence-corrected chi connectivity index (χ0v) is 9.45. The van der Waals surface area contributed by atoms with Crippen molar-refractivity contribution in [3.05, 3.63) is 35.8 Å². The molecule has 0 aliphatic heterocycles. The van der Waals surface area contributed by atoms with E-state index >= 15 is 0 Å². The summed E-state index contributed by atoms with van der Waals surface area (Å²) in [6.07, 6.45) is 2.36. The van der Waals surface area contributed by atoms with Gasteiger partial charge in [-0.05, 0) is 0 Å². The van der Waals surface area contributed by atoms with Gasteiger partial charge in [-0.2, -0.15) is 5.10 Å². The summed E-state index contributed by atoms with van der Waals surface area (Å²) in [6, 6.07) is 1.18. The summed E-state index contributed by atoms with van der Waals surface area (Å²) in [5, 5.41) is 15.0. The Morgan fingerprint density at radius 3 is 2.89 bits per heavy atom. The number of H-pyrrole nitrogens is 1. The highest BCUT2D eigenvalue weighted by molar-refractivity contribution is 5.95. The molecule has 94 valence electrons. The van der Waals surface area contributed by atoms with Crippen molar-refractivity contribution in [3.8, 4) is 0 Å². The number of carbonyl (C=O) groups excluding carboxylic acids is 1. The van der Waals surface area contributed by atoms with E-state index in [0.29, 0.717) is 5.82 Å². The average Bonchev–Trinajstić information content (AvgIpc) is 2.98. The number of carboxylic acid groups (broad SMARTS) is 1. The minimum atomic E-state index is -1.14. The summed E-state index contributed by atoms with van der Waals surface area (Å²) in [5.74, 6) is -1.08. The van der Waals surface area contributed by atoms with Gasteiger partial charge in [0, 0.05) is 13.1 Å². The fraction of sp³-hybridized carbons (Fsp3) is 0.200. The minimum Gasteiger partial charge on any atom is -0.478 e. The highest BCUT2D eigenvalue weighted by Gasteiger charge is 2.18.